The van der Waals surface area contributed by atoms with Gasteiger partial charge in [0, 0.05) is 21.0 Å². The van der Waals surface area contributed by atoms with E-state index >= 15 is 0 Å². The van der Waals surface area contributed by atoms with Gasteiger partial charge >= 0.3 is 0 Å². The third-order valence-electron chi connectivity index (χ3n) is 5.07. The molecule has 2 aromatic heterocycles. The summed E-state index contributed by atoms with van der Waals surface area (Å²) in [5.74, 6) is 0.651. The monoisotopic (exact) mass is 467 g/mol. The van der Waals surface area contributed by atoms with Crippen LogP contribution in [0.2, 0.25) is 0 Å². The van der Waals surface area contributed by atoms with Crippen LogP contribution < -0.4 is 10.9 Å². The molecule has 2 heterocycles. The molecule has 4 nitrogen and oxygen atoms in total. The van der Waals surface area contributed by atoms with Crippen molar-refractivity contribution in [3.05, 3.63) is 85.2 Å². The van der Waals surface area contributed by atoms with Crippen LogP contribution in [0.1, 0.15) is 34.8 Å². The predicted octanol–water partition coefficient (Wildman–Crippen LogP) is 5.88. The van der Waals surface area contributed by atoms with E-state index < -0.39 is 0 Å². The molecule has 0 spiro atoms. The van der Waals surface area contributed by atoms with Crippen LogP contribution in [-0.4, -0.2) is 9.97 Å². The highest BCUT2D eigenvalue weighted by molar-refractivity contribution is 9.10. The molecular weight excluding hydrogens is 446 g/mol. The van der Waals surface area contributed by atoms with Crippen LogP contribution >= 0.6 is 27.3 Å². The number of H-pyrrole nitrogens is 1. The molecule has 6 heteroatoms. The number of rotatable bonds is 5. The first kappa shape index (κ1) is 20.0. The summed E-state index contributed by atoms with van der Waals surface area (Å²) in [7, 11) is 0. The van der Waals surface area contributed by atoms with E-state index in [-0.39, 0.29) is 11.6 Å². The van der Waals surface area contributed by atoms with Crippen molar-refractivity contribution in [3.63, 3.8) is 0 Å². The van der Waals surface area contributed by atoms with Gasteiger partial charge in [-0.05, 0) is 38.0 Å². The molecule has 0 unspecified atom stereocenters. The van der Waals surface area contributed by atoms with Gasteiger partial charge in [-0.25, -0.2) is 4.98 Å². The summed E-state index contributed by atoms with van der Waals surface area (Å²) in [6.07, 6.45) is 0. The first-order valence-corrected chi connectivity index (χ1v) is 11.1. The van der Waals surface area contributed by atoms with Gasteiger partial charge in [0.1, 0.15) is 10.7 Å². The number of nitrogens with zero attached hydrogens (tertiary/aromatic N) is 1. The zero-order chi connectivity index (χ0) is 20.5. The Morgan fingerprint density at radius 1 is 1.14 bits per heavy atom. The number of aromatic nitrogens is 2. The van der Waals surface area contributed by atoms with E-state index in [4.69, 9.17) is 4.98 Å². The smallest absolute Gasteiger partial charge is 0.260 e. The van der Waals surface area contributed by atoms with Gasteiger partial charge in [-0.15, -0.1) is 11.3 Å². The minimum atomic E-state index is -0.0831. The molecule has 0 aliphatic rings. The highest BCUT2D eigenvalue weighted by Crippen LogP contribution is 2.35. The number of nitrogens with one attached hydrogen (secondary N) is 2. The molecule has 4 aromatic rings. The van der Waals surface area contributed by atoms with Crippen molar-refractivity contribution in [3.8, 4) is 11.1 Å². The van der Waals surface area contributed by atoms with Gasteiger partial charge in [0.2, 0.25) is 0 Å². The van der Waals surface area contributed by atoms with Gasteiger partial charge in [-0.1, -0.05) is 64.0 Å². The number of halogens is 1. The fourth-order valence-electron chi connectivity index (χ4n) is 3.50. The summed E-state index contributed by atoms with van der Waals surface area (Å²) in [4.78, 5) is 22.5. The number of aromatic amines is 1. The van der Waals surface area contributed by atoms with Crippen molar-refractivity contribution < 1.29 is 0 Å². The molecule has 0 aliphatic heterocycles. The molecule has 0 amide bonds. The molecule has 0 radical (unpaired) electrons. The van der Waals surface area contributed by atoms with Gasteiger partial charge in [-0.2, -0.15) is 0 Å². The highest BCUT2D eigenvalue weighted by atomic mass is 79.9. The van der Waals surface area contributed by atoms with Gasteiger partial charge in [0.15, 0.2) is 0 Å². The molecule has 0 bridgehead atoms. The highest BCUT2D eigenvalue weighted by Gasteiger charge is 2.17. The summed E-state index contributed by atoms with van der Waals surface area (Å²) < 4.78 is 1.06. The van der Waals surface area contributed by atoms with Crippen LogP contribution in [0.4, 0.5) is 0 Å². The van der Waals surface area contributed by atoms with Crippen molar-refractivity contribution >= 4 is 37.5 Å². The SMILES string of the molecule is Cc1ccc(-c2c(C)sc3nc(CN[C@@H](C)c4ccccc4Br)[nH]c(=O)c23)cc1. The van der Waals surface area contributed by atoms with Crippen LogP contribution in [-0.2, 0) is 6.54 Å². The summed E-state index contributed by atoms with van der Waals surface area (Å²) in [6.45, 7) is 6.70. The van der Waals surface area contributed by atoms with E-state index in [0.29, 0.717) is 17.8 Å². The molecule has 0 saturated heterocycles. The molecule has 29 heavy (non-hydrogen) atoms. The number of aryl methyl sites for hydroxylation is 2. The number of hydrogen-bond donors (Lipinski definition) is 2. The molecule has 148 valence electrons. The molecule has 2 aromatic carbocycles. The third-order valence-corrected chi connectivity index (χ3v) is 6.80. The van der Waals surface area contributed by atoms with Crippen LogP contribution in [0.25, 0.3) is 21.3 Å². The second-order valence-electron chi connectivity index (χ2n) is 7.22. The van der Waals surface area contributed by atoms with Crippen LogP contribution in [0, 0.1) is 13.8 Å². The summed E-state index contributed by atoms with van der Waals surface area (Å²) in [6, 6.07) is 16.5. The standard InChI is InChI=1S/C23H22BrN3OS/c1-13-8-10-16(11-9-13)20-15(3)29-23-21(20)22(28)26-19(27-23)12-25-14(2)17-6-4-5-7-18(17)24/h4-11,14,25H,12H2,1-3H3,(H,26,27,28)/t14-/m0/s1. The molecule has 2 N–H and O–H groups in total. The molecular formula is C23H22BrN3OS. The van der Waals surface area contributed by atoms with Crippen molar-refractivity contribution in [2.75, 3.05) is 0 Å². The fraction of sp³-hybridized carbons (Fsp3) is 0.217. The number of thiophene rings is 1. The Labute approximate surface area is 182 Å². The third kappa shape index (κ3) is 4.06. The first-order chi connectivity index (χ1) is 13.9. The Hall–Kier alpha value is -2.28. The van der Waals surface area contributed by atoms with E-state index in [1.807, 2.05) is 25.1 Å². The van der Waals surface area contributed by atoms with Crippen molar-refractivity contribution in [2.24, 2.45) is 0 Å². The second-order valence-corrected chi connectivity index (χ2v) is 9.27. The van der Waals surface area contributed by atoms with E-state index in [1.165, 1.54) is 11.1 Å². The van der Waals surface area contributed by atoms with Gasteiger partial charge < -0.3 is 10.3 Å². The minimum absolute atomic E-state index is 0.0831. The zero-order valence-corrected chi connectivity index (χ0v) is 18.9. The zero-order valence-electron chi connectivity index (χ0n) is 16.5. The average molecular weight is 468 g/mol. The maximum atomic E-state index is 12.9. The molecule has 0 aliphatic carbocycles. The van der Waals surface area contributed by atoms with E-state index in [0.717, 1.165) is 25.3 Å². The van der Waals surface area contributed by atoms with Crippen LogP contribution in [0.5, 0.6) is 0 Å². The maximum absolute atomic E-state index is 12.9. The summed E-state index contributed by atoms with van der Waals surface area (Å²) >= 11 is 5.17. The lowest BCUT2D eigenvalue weighted by atomic mass is 10.0. The Bertz CT molecular complexity index is 1230. The fourth-order valence-corrected chi connectivity index (χ4v) is 5.19. The Kier molecular flexibility index (Phi) is 5.67. The summed E-state index contributed by atoms with van der Waals surface area (Å²) in [5.41, 5.74) is 4.33. The van der Waals surface area contributed by atoms with E-state index in [2.05, 4.69) is 70.4 Å². The largest absolute Gasteiger partial charge is 0.309 e. The predicted molar refractivity (Wildman–Crippen MR) is 125 cm³/mol. The van der Waals surface area contributed by atoms with E-state index in [9.17, 15) is 4.79 Å². The number of benzene rings is 2. The Morgan fingerprint density at radius 2 is 1.86 bits per heavy atom. The Morgan fingerprint density at radius 3 is 2.59 bits per heavy atom. The van der Waals surface area contributed by atoms with E-state index in [1.54, 1.807) is 11.3 Å². The molecule has 0 saturated carbocycles. The molecule has 1 atom stereocenters. The van der Waals surface area contributed by atoms with Crippen molar-refractivity contribution in [1.29, 1.82) is 0 Å². The van der Waals surface area contributed by atoms with Crippen LogP contribution in [0.15, 0.2) is 57.8 Å². The number of hydrogen-bond acceptors (Lipinski definition) is 4. The Balaban J connectivity index is 1.64. The quantitative estimate of drug-likeness (QED) is 0.385. The van der Waals surface area contributed by atoms with Gasteiger partial charge in [0.25, 0.3) is 5.56 Å². The summed E-state index contributed by atoms with van der Waals surface area (Å²) in [5, 5.41) is 4.13. The minimum Gasteiger partial charge on any atom is -0.309 e. The topological polar surface area (TPSA) is 57.8 Å². The maximum Gasteiger partial charge on any atom is 0.260 e. The van der Waals surface area contributed by atoms with Gasteiger partial charge in [0.05, 0.1) is 11.9 Å². The second kappa shape index (κ2) is 8.22. The normalized spacial score (nSPS) is 12.4. The number of fused-ring (bicyclic) bond motifs is 1. The van der Waals surface area contributed by atoms with Crippen molar-refractivity contribution in [1.82, 2.24) is 15.3 Å². The van der Waals surface area contributed by atoms with Gasteiger partial charge in [-0.3, -0.25) is 4.79 Å². The van der Waals surface area contributed by atoms with Crippen molar-refractivity contribution in [2.45, 2.75) is 33.4 Å². The first-order valence-electron chi connectivity index (χ1n) is 9.51. The molecule has 4 rings (SSSR count). The average Bonchev–Trinajstić information content (AvgIpc) is 3.03. The molecule has 0 fully saturated rings. The lowest BCUT2D eigenvalue weighted by molar-refractivity contribution is 0.558. The lowest BCUT2D eigenvalue weighted by Gasteiger charge is -2.15. The lowest BCUT2D eigenvalue weighted by Crippen LogP contribution is -2.22. The van der Waals surface area contributed by atoms with Crippen LogP contribution in [0.3, 0.4) is 0 Å².